The minimum absolute atomic E-state index is 0.115. The van der Waals surface area contributed by atoms with Gasteiger partial charge in [-0.3, -0.25) is 0 Å². The molecule has 0 bridgehead atoms. The van der Waals surface area contributed by atoms with Crippen LogP contribution in [0.5, 0.6) is 11.9 Å². The molecule has 8 heteroatoms. The summed E-state index contributed by atoms with van der Waals surface area (Å²) in [5.41, 5.74) is 0.969. The lowest BCUT2D eigenvalue weighted by Crippen LogP contribution is -2.21. The number of hydrogen-bond acceptors (Lipinski definition) is 5. The van der Waals surface area contributed by atoms with E-state index in [1.807, 2.05) is 0 Å². The molecular weight excluding hydrogens is 291 g/mol. The van der Waals surface area contributed by atoms with Gasteiger partial charge in [0, 0.05) is 11.3 Å². The molecule has 2 rings (SSSR count). The number of amides is 2. The van der Waals surface area contributed by atoms with Crippen LogP contribution in [0.1, 0.15) is 5.56 Å². The van der Waals surface area contributed by atoms with Crippen molar-refractivity contribution >= 4 is 17.4 Å². The van der Waals surface area contributed by atoms with Gasteiger partial charge in [0.15, 0.2) is 0 Å². The molecule has 0 aliphatic heterocycles. The van der Waals surface area contributed by atoms with E-state index in [4.69, 9.17) is 9.47 Å². The van der Waals surface area contributed by atoms with E-state index >= 15 is 0 Å². The molecular formula is C14H15FN4O3. The van der Waals surface area contributed by atoms with Crippen LogP contribution in [0, 0.1) is 12.7 Å². The van der Waals surface area contributed by atoms with Gasteiger partial charge in [0.05, 0.1) is 20.4 Å². The quantitative estimate of drug-likeness (QED) is 0.907. The third-order valence-corrected chi connectivity index (χ3v) is 2.87. The first-order valence-electron chi connectivity index (χ1n) is 6.33. The van der Waals surface area contributed by atoms with Crippen molar-refractivity contribution in [3.63, 3.8) is 0 Å². The van der Waals surface area contributed by atoms with E-state index in [1.54, 1.807) is 13.0 Å². The molecule has 22 heavy (non-hydrogen) atoms. The Morgan fingerprint density at radius 1 is 1.18 bits per heavy atom. The second kappa shape index (κ2) is 6.70. The SMILES string of the molecule is COc1ncc(NC(=O)Nc2cccc(F)c2C)c(OC)n1. The Bertz CT molecular complexity index is 694. The molecule has 1 heterocycles. The number of anilines is 2. The Balaban J connectivity index is 2.14. The smallest absolute Gasteiger partial charge is 0.323 e. The van der Waals surface area contributed by atoms with Gasteiger partial charge in [-0.1, -0.05) is 6.07 Å². The highest BCUT2D eigenvalue weighted by Gasteiger charge is 2.12. The molecule has 1 aromatic carbocycles. The highest BCUT2D eigenvalue weighted by molar-refractivity contribution is 6.00. The lowest BCUT2D eigenvalue weighted by molar-refractivity contribution is 0.262. The molecule has 2 aromatic rings. The van der Waals surface area contributed by atoms with Gasteiger partial charge < -0.3 is 20.1 Å². The van der Waals surface area contributed by atoms with Crippen molar-refractivity contribution in [1.29, 1.82) is 0 Å². The van der Waals surface area contributed by atoms with E-state index in [9.17, 15) is 9.18 Å². The van der Waals surface area contributed by atoms with Crippen LogP contribution in [-0.2, 0) is 0 Å². The van der Waals surface area contributed by atoms with Crippen molar-refractivity contribution in [3.8, 4) is 11.9 Å². The number of urea groups is 1. The average Bonchev–Trinajstić information content (AvgIpc) is 2.52. The molecule has 0 aliphatic carbocycles. The van der Waals surface area contributed by atoms with Gasteiger partial charge in [-0.15, -0.1) is 0 Å². The fraction of sp³-hybridized carbons (Fsp3) is 0.214. The Morgan fingerprint density at radius 2 is 1.91 bits per heavy atom. The first-order valence-corrected chi connectivity index (χ1v) is 6.33. The number of aromatic nitrogens is 2. The van der Waals surface area contributed by atoms with Crippen molar-refractivity contribution in [3.05, 3.63) is 35.8 Å². The summed E-state index contributed by atoms with van der Waals surface area (Å²) in [5, 5.41) is 5.08. The van der Waals surface area contributed by atoms with Crippen LogP contribution in [0.3, 0.4) is 0 Å². The van der Waals surface area contributed by atoms with Crippen molar-refractivity contribution in [2.75, 3.05) is 24.9 Å². The summed E-state index contributed by atoms with van der Waals surface area (Å²) in [4.78, 5) is 19.8. The molecule has 0 unspecified atom stereocenters. The van der Waals surface area contributed by atoms with Crippen LogP contribution in [0.25, 0.3) is 0 Å². The summed E-state index contributed by atoms with van der Waals surface area (Å²) < 4.78 is 23.4. The Hall–Kier alpha value is -2.90. The number of hydrogen-bond donors (Lipinski definition) is 2. The summed E-state index contributed by atoms with van der Waals surface area (Å²) in [7, 11) is 2.82. The molecule has 116 valence electrons. The Morgan fingerprint density at radius 3 is 2.59 bits per heavy atom. The summed E-state index contributed by atoms with van der Waals surface area (Å²) >= 11 is 0. The standard InChI is InChI=1S/C14H15FN4O3/c1-8-9(15)5-4-6-10(8)17-13(20)18-11-7-16-14(22-3)19-12(11)21-2/h4-7H,1-3H3,(H2,17,18,20). The van der Waals surface area contributed by atoms with E-state index in [0.29, 0.717) is 11.3 Å². The molecule has 0 aliphatic rings. The number of benzene rings is 1. The zero-order valence-electron chi connectivity index (χ0n) is 12.3. The topological polar surface area (TPSA) is 85.4 Å². The van der Waals surface area contributed by atoms with Crippen LogP contribution in [-0.4, -0.2) is 30.2 Å². The number of rotatable bonds is 4. The van der Waals surface area contributed by atoms with E-state index in [1.165, 1.54) is 32.5 Å². The van der Waals surface area contributed by atoms with Crippen LogP contribution in [0.15, 0.2) is 24.4 Å². The van der Waals surface area contributed by atoms with Crippen molar-refractivity contribution in [1.82, 2.24) is 9.97 Å². The third-order valence-electron chi connectivity index (χ3n) is 2.87. The zero-order valence-corrected chi connectivity index (χ0v) is 12.3. The summed E-state index contributed by atoms with van der Waals surface area (Å²) in [6.45, 7) is 1.57. The number of carbonyl (C=O) groups excluding carboxylic acids is 1. The van der Waals surface area contributed by atoms with Crippen molar-refractivity contribution in [2.45, 2.75) is 6.92 Å². The lowest BCUT2D eigenvalue weighted by atomic mass is 10.2. The van der Waals surface area contributed by atoms with Crippen molar-refractivity contribution in [2.24, 2.45) is 0 Å². The normalized spacial score (nSPS) is 10.0. The number of halogens is 1. The van der Waals surface area contributed by atoms with Gasteiger partial charge in [-0.05, 0) is 19.1 Å². The van der Waals surface area contributed by atoms with Crippen LogP contribution in [0.4, 0.5) is 20.6 Å². The van der Waals surface area contributed by atoms with Gasteiger partial charge in [-0.25, -0.2) is 14.2 Å². The number of nitrogens with one attached hydrogen (secondary N) is 2. The monoisotopic (exact) mass is 306 g/mol. The number of carbonyl (C=O) groups is 1. The Kier molecular flexibility index (Phi) is 4.72. The second-order valence-corrected chi connectivity index (χ2v) is 4.27. The fourth-order valence-electron chi connectivity index (χ4n) is 1.71. The van der Waals surface area contributed by atoms with Crippen molar-refractivity contribution < 1.29 is 18.7 Å². The highest BCUT2D eigenvalue weighted by atomic mass is 19.1. The molecule has 1 aromatic heterocycles. The maximum atomic E-state index is 13.4. The molecule has 0 spiro atoms. The highest BCUT2D eigenvalue weighted by Crippen LogP contribution is 2.23. The summed E-state index contributed by atoms with van der Waals surface area (Å²) in [5.74, 6) is -0.249. The average molecular weight is 306 g/mol. The molecule has 2 amide bonds. The molecule has 7 nitrogen and oxygen atoms in total. The van der Waals surface area contributed by atoms with E-state index < -0.39 is 11.8 Å². The van der Waals surface area contributed by atoms with Crippen LogP contribution < -0.4 is 20.1 Å². The number of methoxy groups -OCH3 is 2. The maximum Gasteiger partial charge on any atom is 0.323 e. The molecule has 0 fully saturated rings. The second-order valence-electron chi connectivity index (χ2n) is 4.27. The fourth-order valence-corrected chi connectivity index (χ4v) is 1.71. The third kappa shape index (κ3) is 3.40. The molecule has 0 atom stereocenters. The van der Waals surface area contributed by atoms with Gasteiger partial charge in [0.1, 0.15) is 11.5 Å². The first kappa shape index (κ1) is 15.5. The maximum absolute atomic E-state index is 13.4. The van der Waals surface area contributed by atoms with Gasteiger partial charge in [0.2, 0.25) is 5.88 Å². The van der Waals surface area contributed by atoms with Crippen LogP contribution >= 0.6 is 0 Å². The molecule has 0 saturated heterocycles. The van der Waals surface area contributed by atoms with Gasteiger partial charge in [-0.2, -0.15) is 4.98 Å². The number of ether oxygens (including phenoxy) is 2. The largest absolute Gasteiger partial charge is 0.479 e. The van der Waals surface area contributed by atoms with Gasteiger partial charge in [0.25, 0.3) is 0 Å². The van der Waals surface area contributed by atoms with Crippen LogP contribution in [0.2, 0.25) is 0 Å². The van der Waals surface area contributed by atoms with E-state index in [-0.39, 0.29) is 17.6 Å². The first-order chi connectivity index (χ1) is 10.5. The molecule has 2 N–H and O–H groups in total. The van der Waals surface area contributed by atoms with E-state index in [0.717, 1.165) is 0 Å². The predicted molar refractivity (Wildman–Crippen MR) is 78.9 cm³/mol. The summed E-state index contributed by atoms with van der Waals surface area (Å²) in [6.07, 6.45) is 1.35. The van der Waals surface area contributed by atoms with E-state index in [2.05, 4.69) is 20.6 Å². The van der Waals surface area contributed by atoms with Gasteiger partial charge >= 0.3 is 12.0 Å². The minimum Gasteiger partial charge on any atom is -0.479 e. The number of nitrogens with zero attached hydrogens (tertiary/aromatic N) is 2. The molecule has 0 radical (unpaired) electrons. The lowest BCUT2D eigenvalue weighted by Gasteiger charge is -2.12. The predicted octanol–water partition coefficient (Wildman–Crippen LogP) is 2.59. The Labute approximate surface area is 126 Å². The summed E-state index contributed by atoms with van der Waals surface area (Å²) in [6, 6.07) is 3.97. The minimum atomic E-state index is -0.569. The molecule has 0 saturated carbocycles. The zero-order chi connectivity index (χ0) is 16.1.